The number of aliphatic hydroxyl groups excluding tert-OH is 1. The molecule has 4 heteroatoms. The topological polar surface area (TPSA) is 62.4 Å². The van der Waals surface area contributed by atoms with Crippen molar-refractivity contribution in [1.82, 2.24) is 4.98 Å². The summed E-state index contributed by atoms with van der Waals surface area (Å²) in [6.07, 6.45) is 4.11. The number of aromatic nitrogens is 1. The van der Waals surface area contributed by atoms with Gasteiger partial charge in [-0.2, -0.15) is 0 Å². The van der Waals surface area contributed by atoms with Crippen molar-refractivity contribution in [2.45, 2.75) is 19.4 Å². The van der Waals surface area contributed by atoms with Gasteiger partial charge in [0.2, 0.25) is 0 Å². The van der Waals surface area contributed by atoms with Crippen LogP contribution in [0.2, 0.25) is 0 Å². The van der Waals surface area contributed by atoms with Gasteiger partial charge in [0, 0.05) is 19.3 Å². The highest BCUT2D eigenvalue weighted by Gasteiger charge is 2.24. The third kappa shape index (κ3) is 2.21. The zero-order valence-electron chi connectivity index (χ0n) is 8.93. The van der Waals surface area contributed by atoms with Crippen LogP contribution in [0.15, 0.2) is 18.5 Å². The number of nitrogens with zero attached hydrogens (tertiary/aromatic N) is 2. The van der Waals surface area contributed by atoms with Gasteiger partial charge in [-0.3, -0.25) is 4.98 Å². The molecule has 0 aromatic carbocycles. The summed E-state index contributed by atoms with van der Waals surface area (Å²) in [6, 6.07) is 1.93. The van der Waals surface area contributed by atoms with Crippen LogP contribution in [0.25, 0.3) is 0 Å². The monoisotopic (exact) mass is 207 g/mol. The number of rotatable bonds is 1. The van der Waals surface area contributed by atoms with Crippen molar-refractivity contribution < 1.29 is 5.11 Å². The summed E-state index contributed by atoms with van der Waals surface area (Å²) >= 11 is 0. The SMILES string of the molecule is CC1CN(c2cncc(N)c2)CCC1O. The minimum Gasteiger partial charge on any atom is -0.397 e. The first kappa shape index (κ1) is 10.2. The lowest BCUT2D eigenvalue weighted by Crippen LogP contribution is -2.42. The molecule has 15 heavy (non-hydrogen) atoms. The molecule has 0 radical (unpaired) electrons. The van der Waals surface area contributed by atoms with Crippen LogP contribution in [-0.4, -0.2) is 29.3 Å². The van der Waals surface area contributed by atoms with Crippen LogP contribution in [0.5, 0.6) is 0 Å². The first-order chi connectivity index (χ1) is 7.16. The van der Waals surface area contributed by atoms with Crippen LogP contribution in [0.4, 0.5) is 11.4 Å². The average molecular weight is 207 g/mol. The van der Waals surface area contributed by atoms with Crippen molar-refractivity contribution in [3.63, 3.8) is 0 Å². The van der Waals surface area contributed by atoms with Crippen molar-refractivity contribution in [2.24, 2.45) is 5.92 Å². The molecule has 2 unspecified atom stereocenters. The highest BCUT2D eigenvalue weighted by molar-refractivity contribution is 5.53. The van der Waals surface area contributed by atoms with Gasteiger partial charge in [0.15, 0.2) is 0 Å². The Morgan fingerprint density at radius 2 is 2.33 bits per heavy atom. The van der Waals surface area contributed by atoms with Gasteiger partial charge in [0.1, 0.15) is 0 Å². The second kappa shape index (κ2) is 4.06. The number of hydrogen-bond donors (Lipinski definition) is 2. The minimum atomic E-state index is -0.171. The first-order valence-corrected chi connectivity index (χ1v) is 5.30. The number of pyridine rings is 1. The van der Waals surface area contributed by atoms with Gasteiger partial charge in [0.25, 0.3) is 0 Å². The largest absolute Gasteiger partial charge is 0.397 e. The average Bonchev–Trinajstić information content (AvgIpc) is 2.22. The molecule has 1 saturated heterocycles. The van der Waals surface area contributed by atoms with E-state index in [4.69, 9.17) is 5.73 Å². The molecule has 1 aromatic rings. The van der Waals surface area contributed by atoms with Crippen molar-refractivity contribution >= 4 is 11.4 Å². The number of hydrogen-bond acceptors (Lipinski definition) is 4. The van der Waals surface area contributed by atoms with Crippen LogP contribution in [0.3, 0.4) is 0 Å². The highest BCUT2D eigenvalue weighted by atomic mass is 16.3. The summed E-state index contributed by atoms with van der Waals surface area (Å²) in [5, 5.41) is 9.63. The van der Waals surface area contributed by atoms with Crippen molar-refractivity contribution in [1.29, 1.82) is 0 Å². The molecule has 0 spiro atoms. The van der Waals surface area contributed by atoms with E-state index in [0.29, 0.717) is 11.6 Å². The Morgan fingerprint density at radius 3 is 3.00 bits per heavy atom. The molecule has 1 fully saturated rings. The Bertz CT molecular complexity index is 342. The van der Waals surface area contributed by atoms with E-state index in [1.165, 1.54) is 0 Å². The minimum absolute atomic E-state index is 0.171. The molecule has 3 N–H and O–H groups in total. The molecule has 2 rings (SSSR count). The molecule has 82 valence electrons. The smallest absolute Gasteiger partial charge is 0.0599 e. The maximum Gasteiger partial charge on any atom is 0.0599 e. The van der Waals surface area contributed by atoms with Gasteiger partial charge < -0.3 is 15.7 Å². The third-order valence-electron chi connectivity index (χ3n) is 2.97. The number of nitrogens with two attached hydrogens (primary N) is 1. The summed E-state index contributed by atoms with van der Waals surface area (Å²) in [4.78, 5) is 6.30. The summed E-state index contributed by atoms with van der Waals surface area (Å²) in [7, 11) is 0. The van der Waals surface area contributed by atoms with Gasteiger partial charge in [-0.1, -0.05) is 6.92 Å². The van der Waals surface area contributed by atoms with E-state index in [-0.39, 0.29) is 6.10 Å². The van der Waals surface area contributed by atoms with Crippen molar-refractivity contribution in [3.8, 4) is 0 Å². The van der Waals surface area contributed by atoms with E-state index < -0.39 is 0 Å². The summed E-state index contributed by atoms with van der Waals surface area (Å²) in [5.74, 6) is 0.306. The molecule has 4 nitrogen and oxygen atoms in total. The molecule has 0 amide bonds. The Balaban J connectivity index is 2.12. The van der Waals surface area contributed by atoms with E-state index in [9.17, 15) is 5.11 Å². The van der Waals surface area contributed by atoms with Crippen LogP contribution < -0.4 is 10.6 Å². The molecule has 1 aliphatic rings. The van der Waals surface area contributed by atoms with E-state index >= 15 is 0 Å². The molecule has 0 bridgehead atoms. The van der Waals surface area contributed by atoms with Gasteiger partial charge >= 0.3 is 0 Å². The molecule has 1 aliphatic heterocycles. The second-order valence-corrected chi connectivity index (χ2v) is 4.26. The quantitative estimate of drug-likeness (QED) is 0.717. The van der Waals surface area contributed by atoms with E-state index in [1.807, 2.05) is 12.3 Å². The van der Waals surface area contributed by atoms with Gasteiger partial charge in [-0.05, 0) is 18.4 Å². The normalized spacial score (nSPS) is 26.7. The summed E-state index contributed by atoms with van der Waals surface area (Å²) in [6.45, 7) is 3.81. The molecule has 0 saturated carbocycles. The second-order valence-electron chi connectivity index (χ2n) is 4.26. The van der Waals surface area contributed by atoms with Crippen LogP contribution in [0.1, 0.15) is 13.3 Å². The molecule has 2 atom stereocenters. The van der Waals surface area contributed by atoms with E-state index in [0.717, 1.165) is 25.2 Å². The Labute approximate surface area is 89.7 Å². The van der Waals surface area contributed by atoms with Crippen molar-refractivity contribution in [3.05, 3.63) is 18.5 Å². The molecular formula is C11H17N3O. The number of nitrogen functional groups attached to an aromatic ring is 1. The molecule has 0 aliphatic carbocycles. The van der Waals surface area contributed by atoms with E-state index in [1.54, 1.807) is 6.20 Å². The lowest BCUT2D eigenvalue weighted by Gasteiger charge is -2.35. The molecular weight excluding hydrogens is 190 g/mol. The Morgan fingerprint density at radius 1 is 1.53 bits per heavy atom. The predicted molar refractivity (Wildman–Crippen MR) is 60.7 cm³/mol. The first-order valence-electron chi connectivity index (χ1n) is 5.30. The Hall–Kier alpha value is -1.29. The van der Waals surface area contributed by atoms with Gasteiger partial charge in [0.05, 0.1) is 23.7 Å². The summed E-state index contributed by atoms with van der Waals surface area (Å²) < 4.78 is 0. The fraction of sp³-hybridized carbons (Fsp3) is 0.545. The third-order valence-corrected chi connectivity index (χ3v) is 2.97. The zero-order valence-corrected chi connectivity index (χ0v) is 8.93. The van der Waals surface area contributed by atoms with Gasteiger partial charge in [-0.15, -0.1) is 0 Å². The van der Waals surface area contributed by atoms with Crippen LogP contribution in [-0.2, 0) is 0 Å². The molecule has 1 aromatic heterocycles. The number of aliphatic hydroxyl groups is 1. The number of anilines is 2. The number of piperidine rings is 1. The maximum absolute atomic E-state index is 9.63. The zero-order chi connectivity index (χ0) is 10.8. The molecule has 2 heterocycles. The lowest BCUT2D eigenvalue weighted by atomic mass is 9.96. The standard InChI is InChI=1S/C11H17N3O/c1-8-7-14(3-2-11(8)15)10-4-9(12)5-13-6-10/h4-6,8,11,15H,2-3,7,12H2,1H3. The fourth-order valence-corrected chi connectivity index (χ4v) is 1.99. The van der Waals surface area contributed by atoms with Crippen LogP contribution in [0, 0.1) is 5.92 Å². The predicted octanol–water partition coefficient (Wildman–Crippen LogP) is 0.871. The van der Waals surface area contributed by atoms with Crippen LogP contribution >= 0.6 is 0 Å². The maximum atomic E-state index is 9.63. The van der Waals surface area contributed by atoms with Crippen molar-refractivity contribution in [2.75, 3.05) is 23.7 Å². The Kier molecular flexibility index (Phi) is 2.77. The highest BCUT2D eigenvalue weighted by Crippen LogP contribution is 2.23. The van der Waals surface area contributed by atoms with Gasteiger partial charge in [-0.25, -0.2) is 0 Å². The van der Waals surface area contributed by atoms with E-state index in [2.05, 4.69) is 16.8 Å². The lowest BCUT2D eigenvalue weighted by molar-refractivity contribution is 0.0971. The fourth-order valence-electron chi connectivity index (χ4n) is 1.99. The summed E-state index contributed by atoms with van der Waals surface area (Å²) in [5.41, 5.74) is 7.42.